The van der Waals surface area contributed by atoms with Gasteiger partial charge in [0.1, 0.15) is 12.4 Å². The van der Waals surface area contributed by atoms with Gasteiger partial charge in [0, 0.05) is 27.7 Å². The fourth-order valence-electron chi connectivity index (χ4n) is 2.48. The van der Waals surface area contributed by atoms with Crippen molar-refractivity contribution in [1.29, 1.82) is 0 Å². The number of H-pyrrole nitrogens is 1. The minimum atomic E-state index is -0.0254. The lowest BCUT2D eigenvalue weighted by atomic mass is 10.2. The van der Waals surface area contributed by atoms with Gasteiger partial charge in [-0.25, -0.2) is 9.98 Å². The molecule has 1 aromatic carbocycles. The molecule has 8 heteroatoms. The molecule has 0 atom stereocenters. The molecule has 0 aliphatic rings. The number of likely N-dealkylation sites (N-methyl/N-ethyl adjacent to an activating group) is 1. The number of aromatic amines is 1. The molecule has 0 spiro atoms. The summed E-state index contributed by atoms with van der Waals surface area (Å²) in [7, 11) is 5.42. The maximum Gasteiger partial charge on any atom is 0.243 e. The van der Waals surface area contributed by atoms with Gasteiger partial charge in [0.2, 0.25) is 5.91 Å². The average molecular weight is 498 g/mol. The van der Waals surface area contributed by atoms with Crippen LogP contribution in [0.25, 0.3) is 11.3 Å². The highest BCUT2D eigenvalue weighted by molar-refractivity contribution is 14.0. The van der Waals surface area contributed by atoms with Crippen molar-refractivity contribution in [2.45, 2.75) is 26.3 Å². The number of guanidine groups is 1. The third-order valence-corrected chi connectivity index (χ3v) is 4.14. The summed E-state index contributed by atoms with van der Waals surface area (Å²) in [6.45, 7) is 3.66. The zero-order chi connectivity index (χ0) is 19.6. The molecule has 0 unspecified atom stereocenters. The van der Waals surface area contributed by atoms with E-state index in [0.29, 0.717) is 12.5 Å². The van der Waals surface area contributed by atoms with Crippen LogP contribution in [-0.4, -0.2) is 65.9 Å². The number of benzene rings is 1. The Morgan fingerprint density at radius 3 is 2.57 bits per heavy atom. The van der Waals surface area contributed by atoms with Gasteiger partial charge in [-0.2, -0.15) is 0 Å². The van der Waals surface area contributed by atoms with Crippen molar-refractivity contribution in [2.24, 2.45) is 4.99 Å². The number of hydrogen-bond acceptors (Lipinski definition) is 3. The van der Waals surface area contributed by atoms with Crippen LogP contribution >= 0.6 is 24.0 Å². The van der Waals surface area contributed by atoms with Crippen LogP contribution in [0.3, 0.4) is 0 Å². The van der Waals surface area contributed by atoms with Crippen molar-refractivity contribution in [2.75, 3.05) is 34.2 Å². The van der Waals surface area contributed by atoms with Crippen LogP contribution in [0.2, 0.25) is 0 Å². The highest BCUT2D eigenvalue weighted by atomic mass is 127. The molecule has 2 N–H and O–H groups in total. The van der Waals surface area contributed by atoms with Gasteiger partial charge in [-0.1, -0.05) is 43.7 Å². The van der Waals surface area contributed by atoms with E-state index in [2.05, 4.69) is 27.2 Å². The van der Waals surface area contributed by atoms with Gasteiger partial charge in [-0.3, -0.25) is 4.79 Å². The number of carbonyl (C=O) groups is 1. The monoisotopic (exact) mass is 498 g/mol. The lowest BCUT2D eigenvalue weighted by molar-refractivity contribution is -0.127. The number of carbonyl (C=O) groups excluding carboxylic acids is 1. The molecule has 0 aliphatic carbocycles. The van der Waals surface area contributed by atoms with E-state index in [0.717, 1.165) is 36.5 Å². The Kier molecular flexibility index (Phi) is 10.6. The predicted octanol–water partition coefficient (Wildman–Crippen LogP) is 2.96. The first-order chi connectivity index (χ1) is 13.0. The van der Waals surface area contributed by atoms with Crippen molar-refractivity contribution < 1.29 is 4.79 Å². The number of halogens is 1. The molecule has 0 fully saturated rings. The molecule has 0 radical (unpaired) electrons. The number of unbranched alkanes of at least 4 members (excludes halogenated alkanes) is 1. The van der Waals surface area contributed by atoms with E-state index < -0.39 is 0 Å². The summed E-state index contributed by atoms with van der Waals surface area (Å²) in [6.07, 6.45) is 3.99. The second-order valence-electron chi connectivity index (χ2n) is 6.67. The molecule has 0 saturated heterocycles. The van der Waals surface area contributed by atoms with Crippen molar-refractivity contribution in [3.63, 3.8) is 0 Å². The summed E-state index contributed by atoms with van der Waals surface area (Å²) >= 11 is 0. The molecule has 1 aromatic heterocycles. The van der Waals surface area contributed by atoms with Crippen molar-refractivity contribution in [1.82, 2.24) is 25.1 Å². The number of rotatable bonds is 8. The average Bonchev–Trinajstić information content (AvgIpc) is 3.13. The Balaban J connectivity index is 0.00000392. The molecule has 2 rings (SSSR count). The molecule has 1 heterocycles. The SMILES string of the molecule is CCCCNC(=NCC(=O)N(C)C)N(C)Cc1ncc(-c2ccccc2)[nH]1.I. The van der Waals surface area contributed by atoms with Crippen LogP contribution in [0.1, 0.15) is 25.6 Å². The smallest absolute Gasteiger partial charge is 0.243 e. The molecule has 0 aliphatic heterocycles. The van der Waals surface area contributed by atoms with Crippen molar-refractivity contribution in [3.05, 3.63) is 42.4 Å². The van der Waals surface area contributed by atoms with Gasteiger partial charge in [0.05, 0.1) is 18.4 Å². The zero-order valence-corrected chi connectivity index (χ0v) is 19.4. The van der Waals surface area contributed by atoms with E-state index in [1.807, 2.05) is 48.5 Å². The second-order valence-corrected chi connectivity index (χ2v) is 6.67. The van der Waals surface area contributed by atoms with E-state index in [1.54, 1.807) is 19.0 Å². The summed E-state index contributed by atoms with van der Waals surface area (Å²) in [5, 5.41) is 3.34. The van der Waals surface area contributed by atoms with Crippen molar-refractivity contribution in [3.8, 4) is 11.3 Å². The first kappa shape index (κ1) is 23.9. The molecule has 0 saturated carbocycles. The second kappa shape index (κ2) is 12.4. The van der Waals surface area contributed by atoms with Gasteiger partial charge in [0.15, 0.2) is 5.96 Å². The summed E-state index contributed by atoms with van der Waals surface area (Å²) in [4.78, 5) is 27.7. The molecular formula is C20H31IN6O. The fourth-order valence-corrected chi connectivity index (χ4v) is 2.48. The standard InChI is InChI=1S/C20H30N6O.HI/c1-5-6-12-21-20(23-14-19(27)25(2)3)26(4)15-18-22-13-17(24-18)16-10-8-7-9-11-16;/h7-11,13H,5-6,12,14-15H2,1-4H3,(H,21,23)(H,22,24);1H. The number of nitrogens with one attached hydrogen (secondary N) is 2. The Morgan fingerprint density at radius 1 is 1.21 bits per heavy atom. The Bertz CT molecular complexity index is 744. The Labute approximate surface area is 184 Å². The van der Waals surface area contributed by atoms with E-state index in [9.17, 15) is 4.79 Å². The number of aromatic nitrogens is 2. The lowest BCUT2D eigenvalue weighted by Gasteiger charge is -2.22. The quantitative estimate of drug-likeness (QED) is 0.254. The molecule has 2 aromatic rings. The molecule has 1 amide bonds. The zero-order valence-electron chi connectivity index (χ0n) is 17.1. The Hall–Kier alpha value is -2.10. The van der Waals surface area contributed by atoms with Crippen LogP contribution in [0, 0.1) is 0 Å². The molecular weight excluding hydrogens is 467 g/mol. The number of amides is 1. The lowest BCUT2D eigenvalue weighted by Crippen LogP contribution is -2.40. The summed E-state index contributed by atoms with van der Waals surface area (Å²) in [5.41, 5.74) is 2.09. The third-order valence-electron chi connectivity index (χ3n) is 4.14. The summed E-state index contributed by atoms with van der Waals surface area (Å²) in [6, 6.07) is 10.1. The van der Waals surface area contributed by atoms with Gasteiger partial charge in [-0.15, -0.1) is 24.0 Å². The van der Waals surface area contributed by atoms with E-state index in [-0.39, 0.29) is 36.4 Å². The van der Waals surface area contributed by atoms with E-state index in [4.69, 9.17) is 0 Å². The largest absolute Gasteiger partial charge is 0.356 e. The third kappa shape index (κ3) is 7.49. The van der Waals surface area contributed by atoms with Gasteiger partial charge in [-0.05, 0) is 12.0 Å². The highest BCUT2D eigenvalue weighted by Crippen LogP contribution is 2.16. The topological polar surface area (TPSA) is 76.6 Å². The van der Waals surface area contributed by atoms with Crippen LogP contribution in [0.4, 0.5) is 0 Å². The highest BCUT2D eigenvalue weighted by Gasteiger charge is 2.11. The van der Waals surface area contributed by atoms with Gasteiger partial charge in [0.25, 0.3) is 0 Å². The number of nitrogens with zero attached hydrogens (tertiary/aromatic N) is 4. The van der Waals surface area contributed by atoms with Crippen LogP contribution in [0.5, 0.6) is 0 Å². The fraction of sp³-hybridized carbons (Fsp3) is 0.450. The van der Waals surface area contributed by atoms with Crippen molar-refractivity contribution >= 4 is 35.8 Å². The van der Waals surface area contributed by atoms with Crippen LogP contribution < -0.4 is 5.32 Å². The predicted molar refractivity (Wildman–Crippen MR) is 125 cm³/mol. The molecule has 7 nitrogen and oxygen atoms in total. The normalized spacial score (nSPS) is 10.9. The maximum absolute atomic E-state index is 11.9. The first-order valence-electron chi connectivity index (χ1n) is 9.30. The maximum atomic E-state index is 11.9. The molecule has 154 valence electrons. The van der Waals surface area contributed by atoms with Crippen LogP contribution in [-0.2, 0) is 11.3 Å². The molecule has 28 heavy (non-hydrogen) atoms. The Morgan fingerprint density at radius 2 is 1.93 bits per heavy atom. The molecule has 0 bridgehead atoms. The first-order valence-corrected chi connectivity index (χ1v) is 9.30. The minimum absolute atomic E-state index is 0. The van der Waals surface area contributed by atoms with Gasteiger partial charge < -0.3 is 20.1 Å². The number of imidazole rings is 1. The summed E-state index contributed by atoms with van der Waals surface area (Å²) < 4.78 is 0. The van der Waals surface area contributed by atoms with E-state index in [1.165, 1.54) is 0 Å². The minimum Gasteiger partial charge on any atom is -0.356 e. The van der Waals surface area contributed by atoms with Crippen LogP contribution in [0.15, 0.2) is 41.5 Å². The van der Waals surface area contributed by atoms with E-state index >= 15 is 0 Å². The van der Waals surface area contributed by atoms with Gasteiger partial charge >= 0.3 is 0 Å². The number of aliphatic imine (C=N–C) groups is 1. The number of hydrogen-bond donors (Lipinski definition) is 2. The summed E-state index contributed by atoms with van der Waals surface area (Å²) in [5.74, 6) is 1.53.